The van der Waals surface area contributed by atoms with Gasteiger partial charge in [0.15, 0.2) is 0 Å². The Kier molecular flexibility index (Phi) is 5.78. The summed E-state index contributed by atoms with van der Waals surface area (Å²) in [4.78, 5) is 14.5. The molecule has 4 nitrogen and oxygen atoms in total. The third kappa shape index (κ3) is 3.80. The molecule has 43 heavy (non-hydrogen) atoms. The van der Waals surface area contributed by atoms with E-state index < -0.39 is 6.85 Å². The summed E-state index contributed by atoms with van der Waals surface area (Å²) < 4.78 is 24.2. The number of pyridine rings is 3. The van der Waals surface area contributed by atoms with E-state index >= 15 is 0 Å². The molecule has 2 aromatic carbocycles. The van der Waals surface area contributed by atoms with Gasteiger partial charge in [0.05, 0.1) is 11.2 Å². The average molecular weight is 746 g/mol. The van der Waals surface area contributed by atoms with Gasteiger partial charge in [-0.1, -0.05) is 67.5 Å². The average Bonchev–Trinajstić information content (AvgIpc) is 3.43. The van der Waals surface area contributed by atoms with Crippen molar-refractivity contribution in [3.05, 3.63) is 107 Å². The molecule has 1 aliphatic heterocycles. The van der Waals surface area contributed by atoms with Gasteiger partial charge >= 0.3 is 0 Å². The summed E-state index contributed by atoms with van der Waals surface area (Å²) in [6.45, 7) is 16.7. The van der Waals surface area contributed by atoms with E-state index in [0.717, 1.165) is 22.2 Å². The van der Waals surface area contributed by atoms with Crippen molar-refractivity contribution < 1.29 is 24.2 Å². The van der Waals surface area contributed by atoms with Crippen LogP contribution in [0, 0.1) is 19.0 Å². The molecule has 1 aliphatic carbocycles. The molecule has 0 unspecified atom stereocenters. The van der Waals surface area contributed by atoms with Crippen molar-refractivity contribution in [1.29, 1.82) is 0 Å². The fourth-order valence-electron chi connectivity index (χ4n) is 6.90. The summed E-state index contributed by atoms with van der Waals surface area (Å²) in [5.41, 5.74) is 9.08. The van der Waals surface area contributed by atoms with Crippen LogP contribution < -0.4 is 0 Å². The van der Waals surface area contributed by atoms with Gasteiger partial charge in [-0.3, -0.25) is 0 Å². The van der Waals surface area contributed by atoms with Crippen LogP contribution in [0.4, 0.5) is 0 Å². The number of nitrogens with zero attached hydrogens (tertiary/aromatic N) is 4. The standard InChI is InChI=1S/C26H28N3.C12H10N.Ir/c1-23(2)15-12-13-27-18-14-10-9-11-16-19(14)29-20(17(15)18)21(25(23,5)6)28-22(29)26(7,8)24(16,3)4;1-10-7-8-12(13-9-10)11-5-3-2-4-6-11;/h9,11-13H,1-8H3;2-5,7-9H,1H3;/q2*-1;/i;1D3;. The van der Waals surface area contributed by atoms with E-state index in [-0.39, 0.29) is 47.3 Å². The molecule has 0 atom stereocenters. The number of benzene rings is 2. The molecule has 2 aliphatic rings. The maximum atomic E-state index is 7.23. The molecule has 0 saturated carbocycles. The van der Waals surface area contributed by atoms with E-state index in [9.17, 15) is 0 Å². The van der Waals surface area contributed by atoms with Crippen molar-refractivity contribution in [3.63, 3.8) is 0 Å². The van der Waals surface area contributed by atoms with E-state index in [1.54, 1.807) is 18.2 Å². The van der Waals surface area contributed by atoms with Crippen molar-refractivity contribution in [2.75, 3.05) is 0 Å². The van der Waals surface area contributed by atoms with Gasteiger partial charge in [-0.2, -0.15) is 0 Å². The normalized spacial score (nSPS) is 19.3. The first-order chi connectivity index (χ1) is 21.0. The molecule has 6 aromatic rings. The maximum absolute atomic E-state index is 7.23. The minimum Gasteiger partial charge on any atom is -0.338 e. The molecule has 8 rings (SSSR count). The molecular weight excluding hydrogens is 705 g/mol. The molecule has 0 N–H and O–H groups in total. The zero-order valence-electron chi connectivity index (χ0n) is 29.0. The molecule has 5 heterocycles. The summed E-state index contributed by atoms with van der Waals surface area (Å²) in [6, 6.07) is 23.9. The van der Waals surface area contributed by atoms with Crippen molar-refractivity contribution >= 4 is 27.3 Å². The zero-order chi connectivity index (χ0) is 32.3. The van der Waals surface area contributed by atoms with E-state index in [1.807, 2.05) is 24.4 Å². The second-order valence-corrected chi connectivity index (χ2v) is 13.9. The predicted octanol–water partition coefficient (Wildman–Crippen LogP) is 8.83. The second-order valence-electron chi connectivity index (χ2n) is 13.9. The number of aryl methyl sites for hydroxylation is 1. The SMILES string of the molecule is CC1(C)c2ccnc3c4[c-]ccc5c4n4c(nc(c4c23)C1(C)C)C(C)(C)C5(C)C.[2H]C([2H])([2H])c1ccc(-c2[c-]cccc2)nc1.[Ir]. The smallest absolute Gasteiger partial charge is 0.112 e. The third-order valence-corrected chi connectivity index (χ3v) is 10.9. The minimum atomic E-state index is -2.09. The molecule has 0 saturated heterocycles. The van der Waals surface area contributed by atoms with Gasteiger partial charge in [0.1, 0.15) is 5.82 Å². The number of aromatic nitrogens is 4. The van der Waals surface area contributed by atoms with Gasteiger partial charge in [-0.15, -0.1) is 65.0 Å². The van der Waals surface area contributed by atoms with Crippen LogP contribution in [0.15, 0.2) is 67.0 Å². The Labute approximate surface area is 272 Å². The Morgan fingerprint density at radius 3 is 2.19 bits per heavy atom. The van der Waals surface area contributed by atoms with E-state index in [1.165, 1.54) is 45.3 Å². The molecule has 4 aromatic heterocycles. The molecule has 0 fully saturated rings. The number of hydrogen-bond donors (Lipinski definition) is 0. The van der Waals surface area contributed by atoms with Crippen LogP contribution in [-0.4, -0.2) is 19.4 Å². The van der Waals surface area contributed by atoms with Crippen LogP contribution in [0.1, 0.15) is 87.7 Å². The fraction of sp³-hybridized carbons (Fsp3) is 0.342. The van der Waals surface area contributed by atoms with Crippen LogP contribution in [0.2, 0.25) is 0 Å². The topological polar surface area (TPSA) is 43.1 Å². The largest absolute Gasteiger partial charge is 0.338 e. The van der Waals surface area contributed by atoms with Crippen LogP contribution in [0.25, 0.3) is 38.6 Å². The molecule has 0 bridgehead atoms. The van der Waals surface area contributed by atoms with Gasteiger partial charge in [0.2, 0.25) is 0 Å². The number of rotatable bonds is 1. The van der Waals surface area contributed by atoms with Gasteiger partial charge in [-0.05, 0) is 51.6 Å². The first-order valence-electron chi connectivity index (χ1n) is 16.1. The van der Waals surface area contributed by atoms with Crippen molar-refractivity contribution in [2.45, 2.75) is 83.9 Å². The van der Waals surface area contributed by atoms with Crippen LogP contribution >= 0.6 is 0 Å². The van der Waals surface area contributed by atoms with E-state index in [0.29, 0.717) is 0 Å². The molecule has 0 amide bonds. The van der Waals surface area contributed by atoms with Crippen LogP contribution in [-0.2, 0) is 41.8 Å². The predicted molar refractivity (Wildman–Crippen MR) is 172 cm³/mol. The van der Waals surface area contributed by atoms with E-state index in [4.69, 9.17) is 14.1 Å². The van der Waals surface area contributed by atoms with Gasteiger partial charge in [0.25, 0.3) is 0 Å². The first kappa shape index (κ1) is 26.0. The quantitative estimate of drug-likeness (QED) is 0.125. The summed E-state index contributed by atoms with van der Waals surface area (Å²) in [5.74, 6) is 1.17. The summed E-state index contributed by atoms with van der Waals surface area (Å²) in [7, 11) is 0. The van der Waals surface area contributed by atoms with Gasteiger partial charge in [0, 0.05) is 52.9 Å². The first-order valence-corrected chi connectivity index (χ1v) is 14.6. The third-order valence-electron chi connectivity index (χ3n) is 10.9. The molecular formula is C38H38IrN4-2. The molecule has 0 spiro atoms. The Balaban J connectivity index is 0.000000187. The number of imidazole rings is 1. The molecule has 1 radical (unpaired) electrons. The van der Waals surface area contributed by atoms with E-state index in [2.05, 4.69) is 95.1 Å². The number of hydrogen-bond acceptors (Lipinski definition) is 3. The van der Waals surface area contributed by atoms with Crippen molar-refractivity contribution in [2.24, 2.45) is 0 Å². The summed E-state index contributed by atoms with van der Waals surface area (Å²) >= 11 is 0. The molecule has 221 valence electrons. The Hall–Kier alpha value is -3.40. The molecule has 5 heteroatoms. The summed E-state index contributed by atoms with van der Waals surface area (Å²) in [6.07, 6.45) is 3.37. The Morgan fingerprint density at radius 2 is 1.51 bits per heavy atom. The van der Waals surface area contributed by atoms with Crippen LogP contribution in [0.3, 0.4) is 0 Å². The van der Waals surface area contributed by atoms with Gasteiger partial charge in [-0.25, -0.2) is 4.98 Å². The van der Waals surface area contributed by atoms with Crippen molar-refractivity contribution in [1.82, 2.24) is 19.4 Å². The van der Waals surface area contributed by atoms with Crippen LogP contribution in [0.5, 0.6) is 0 Å². The zero-order valence-corrected chi connectivity index (χ0v) is 28.4. The number of fused-ring (bicyclic) bond motifs is 1. The monoisotopic (exact) mass is 746 g/mol. The second kappa shape index (κ2) is 9.55. The minimum absolute atomic E-state index is 0. The Bertz CT molecular complexity index is 2040. The van der Waals surface area contributed by atoms with Gasteiger partial charge < -0.3 is 14.4 Å². The Morgan fingerprint density at radius 1 is 0.744 bits per heavy atom. The summed E-state index contributed by atoms with van der Waals surface area (Å²) in [5, 5.41) is 2.39. The fourth-order valence-corrected chi connectivity index (χ4v) is 6.90. The van der Waals surface area contributed by atoms with Crippen molar-refractivity contribution in [3.8, 4) is 11.3 Å². The maximum Gasteiger partial charge on any atom is 0.112 e.